The number of hydrogen-bond donors (Lipinski definition) is 2. The number of sulfonamides is 1. The molecule has 1 unspecified atom stereocenters. The molecule has 0 aliphatic rings. The summed E-state index contributed by atoms with van der Waals surface area (Å²) in [6, 6.07) is 9.36. The lowest BCUT2D eigenvalue weighted by atomic mass is 10.0. The van der Waals surface area contributed by atoms with Gasteiger partial charge in [-0.3, -0.25) is 4.79 Å². The highest BCUT2D eigenvalue weighted by Crippen LogP contribution is 2.30. The molecule has 0 saturated carbocycles. The van der Waals surface area contributed by atoms with Crippen molar-refractivity contribution in [3.63, 3.8) is 0 Å². The molecule has 0 aliphatic heterocycles. The summed E-state index contributed by atoms with van der Waals surface area (Å²) in [5, 5.41) is 2.62. The standard InChI is InChI=1S/C20H23F3N2O3S/c1-13(15-6-5-7-16(12-15)20(21,22)23)24-18(26)14-8-10-17(11-9-14)29(27,28)25-19(2,3)4/h5-13,25H,1-4H3,(H,24,26). The van der Waals surface area contributed by atoms with Crippen molar-refractivity contribution in [2.24, 2.45) is 0 Å². The molecule has 2 rings (SSSR count). The fourth-order valence-corrected chi connectivity index (χ4v) is 4.01. The van der Waals surface area contributed by atoms with E-state index in [9.17, 15) is 26.4 Å². The minimum absolute atomic E-state index is 0.00917. The van der Waals surface area contributed by atoms with Crippen LogP contribution in [0.1, 0.15) is 55.2 Å². The summed E-state index contributed by atoms with van der Waals surface area (Å²) in [7, 11) is -3.73. The first-order valence-electron chi connectivity index (χ1n) is 8.81. The fourth-order valence-electron chi connectivity index (χ4n) is 2.60. The molecular formula is C20H23F3N2O3S. The van der Waals surface area contributed by atoms with Crippen molar-refractivity contribution < 1.29 is 26.4 Å². The maximum atomic E-state index is 12.9. The maximum Gasteiger partial charge on any atom is 0.416 e. The van der Waals surface area contributed by atoms with E-state index in [0.29, 0.717) is 5.56 Å². The minimum Gasteiger partial charge on any atom is -0.346 e. The van der Waals surface area contributed by atoms with E-state index in [-0.39, 0.29) is 10.5 Å². The lowest BCUT2D eigenvalue weighted by Crippen LogP contribution is -2.40. The van der Waals surface area contributed by atoms with Crippen molar-refractivity contribution in [2.75, 3.05) is 0 Å². The van der Waals surface area contributed by atoms with Crippen LogP contribution in [0.5, 0.6) is 0 Å². The van der Waals surface area contributed by atoms with Crippen molar-refractivity contribution in [1.29, 1.82) is 0 Å². The number of alkyl halides is 3. The van der Waals surface area contributed by atoms with Gasteiger partial charge in [0.05, 0.1) is 16.5 Å². The molecule has 158 valence electrons. The summed E-state index contributed by atoms with van der Waals surface area (Å²) < 4.78 is 65.7. The molecule has 5 nitrogen and oxygen atoms in total. The summed E-state index contributed by atoms with van der Waals surface area (Å²) in [5.74, 6) is -0.525. The molecule has 29 heavy (non-hydrogen) atoms. The summed E-state index contributed by atoms with van der Waals surface area (Å²) in [4.78, 5) is 12.4. The van der Waals surface area contributed by atoms with Crippen LogP contribution in [0.3, 0.4) is 0 Å². The topological polar surface area (TPSA) is 75.3 Å². The monoisotopic (exact) mass is 428 g/mol. The summed E-state index contributed by atoms with van der Waals surface area (Å²) in [5.41, 5.74) is -0.952. The smallest absolute Gasteiger partial charge is 0.346 e. The first-order chi connectivity index (χ1) is 13.2. The van der Waals surface area contributed by atoms with Crippen LogP contribution in [0.15, 0.2) is 53.4 Å². The van der Waals surface area contributed by atoms with Crippen LogP contribution in [0, 0.1) is 0 Å². The largest absolute Gasteiger partial charge is 0.416 e. The van der Waals surface area contributed by atoms with Crippen LogP contribution >= 0.6 is 0 Å². The van der Waals surface area contributed by atoms with Crippen molar-refractivity contribution in [1.82, 2.24) is 10.0 Å². The number of hydrogen-bond acceptors (Lipinski definition) is 3. The van der Waals surface area contributed by atoms with E-state index in [1.54, 1.807) is 27.7 Å². The molecule has 0 bridgehead atoms. The van der Waals surface area contributed by atoms with Crippen molar-refractivity contribution in [3.8, 4) is 0 Å². The molecule has 0 fully saturated rings. The average Bonchev–Trinajstić information content (AvgIpc) is 2.59. The maximum absolute atomic E-state index is 12.9. The Hall–Kier alpha value is -2.39. The number of carbonyl (C=O) groups is 1. The lowest BCUT2D eigenvalue weighted by Gasteiger charge is -2.20. The zero-order valence-corrected chi connectivity index (χ0v) is 17.3. The van der Waals surface area contributed by atoms with Crippen LogP contribution < -0.4 is 10.0 Å². The highest BCUT2D eigenvalue weighted by molar-refractivity contribution is 7.89. The summed E-state index contributed by atoms with van der Waals surface area (Å²) in [6.45, 7) is 6.70. The second kappa shape index (κ2) is 8.16. The Bertz CT molecular complexity index is 979. The van der Waals surface area contributed by atoms with Gasteiger partial charge in [0.25, 0.3) is 5.91 Å². The van der Waals surface area contributed by atoms with Crippen LogP contribution in [0.25, 0.3) is 0 Å². The van der Waals surface area contributed by atoms with E-state index in [1.807, 2.05) is 0 Å². The summed E-state index contributed by atoms with van der Waals surface area (Å²) >= 11 is 0. The zero-order valence-electron chi connectivity index (χ0n) is 16.5. The van der Waals surface area contributed by atoms with Crippen LogP contribution in [0.4, 0.5) is 13.2 Å². The molecule has 0 radical (unpaired) electrons. The highest BCUT2D eigenvalue weighted by atomic mass is 32.2. The molecule has 1 atom stereocenters. The number of rotatable bonds is 5. The second-order valence-electron chi connectivity index (χ2n) is 7.70. The van der Waals surface area contributed by atoms with Crippen molar-refractivity contribution in [3.05, 3.63) is 65.2 Å². The Labute approximate surface area is 168 Å². The molecule has 2 N–H and O–H groups in total. The van der Waals surface area contributed by atoms with Gasteiger partial charge in [0.2, 0.25) is 10.0 Å². The molecule has 0 saturated heterocycles. The number of nitrogens with one attached hydrogen (secondary N) is 2. The van der Waals surface area contributed by atoms with Crippen LogP contribution in [0.2, 0.25) is 0 Å². The Kier molecular flexibility index (Phi) is 6.44. The predicted octanol–water partition coefficient (Wildman–Crippen LogP) is 4.27. The van der Waals surface area contributed by atoms with E-state index in [0.717, 1.165) is 12.1 Å². The predicted molar refractivity (Wildman–Crippen MR) is 104 cm³/mol. The first-order valence-corrected chi connectivity index (χ1v) is 10.3. The van der Waals surface area contributed by atoms with Gasteiger partial charge in [-0.05, 0) is 69.7 Å². The molecule has 0 spiro atoms. The minimum atomic E-state index is -4.47. The quantitative estimate of drug-likeness (QED) is 0.747. The SMILES string of the molecule is CC(NC(=O)c1ccc(S(=O)(=O)NC(C)(C)C)cc1)c1cccc(C(F)(F)F)c1. The van der Waals surface area contributed by atoms with Crippen molar-refractivity contribution >= 4 is 15.9 Å². The molecule has 2 aromatic carbocycles. The third-order valence-electron chi connectivity index (χ3n) is 3.93. The Morgan fingerprint density at radius 2 is 1.59 bits per heavy atom. The zero-order chi connectivity index (χ0) is 22.0. The van der Waals surface area contributed by atoms with Gasteiger partial charge in [0.1, 0.15) is 0 Å². The molecule has 0 heterocycles. The highest BCUT2D eigenvalue weighted by Gasteiger charge is 2.30. The van der Waals surface area contributed by atoms with Gasteiger partial charge in [-0.25, -0.2) is 13.1 Å². The number of benzene rings is 2. The van der Waals surface area contributed by atoms with Crippen LogP contribution in [-0.2, 0) is 16.2 Å². The van der Waals surface area contributed by atoms with E-state index in [2.05, 4.69) is 10.0 Å². The van der Waals surface area contributed by atoms with Gasteiger partial charge >= 0.3 is 6.18 Å². The molecule has 0 aliphatic carbocycles. The van der Waals surface area contributed by atoms with E-state index in [1.165, 1.54) is 36.4 Å². The Morgan fingerprint density at radius 3 is 2.10 bits per heavy atom. The first kappa shape index (κ1) is 22.9. The normalized spacial score (nSPS) is 13.8. The Balaban J connectivity index is 2.14. The average molecular weight is 428 g/mol. The molecule has 1 amide bonds. The number of carbonyl (C=O) groups excluding carboxylic acids is 1. The van der Waals surface area contributed by atoms with Crippen molar-refractivity contribution in [2.45, 2.75) is 50.3 Å². The Morgan fingerprint density at radius 1 is 1.00 bits per heavy atom. The molecule has 9 heteroatoms. The van der Waals surface area contributed by atoms with Gasteiger partial charge in [-0.2, -0.15) is 13.2 Å². The molecular weight excluding hydrogens is 405 g/mol. The van der Waals surface area contributed by atoms with Crippen LogP contribution in [-0.4, -0.2) is 19.9 Å². The number of halogens is 3. The lowest BCUT2D eigenvalue weighted by molar-refractivity contribution is -0.137. The van der Waals surface area contributed by atoms with Gasteiger partial charge in [0, 0.05) is 11.1 Å². The molecule has 2 aromatic rings. The summed E-state index contributed by atoms with van der Waals surface area (Å²) in [6.07, 6.45) is -4.47. The van der Waals surface area contributed by atoms with E-state index in [4.69, 9.17) is 0 Å². The number of amides is 1. The molecule has 0 aromatic heterocycles. The van der Waals surface area contributed by atoms with Gasteiger partial charge < -0.3 is 5.32 Å². The van der Waals surface area contributed by atoms with Gasteiger partial charge in [-0.15, -0.1) is 0 Å². The third-order valence-corrected chi connectivity index (χ3v) is 5.70. The van der Waals surface area contributed by atoms with E-state index >= 15 is 0 Å². The fraction of sp³-hybridized carbons (Fsp3) is 0.350. The van der Waals surface area contributed by atoms with Gasteiger partial charge in [-0.1, -0.05) is 12.1 Å². The van der Waals surface area contributed by atoms with Gasteiger partial charge in [0.15, 0.2) is 0 Å². The van der Waals surface area contributed by atoms with E-state index < -0.39 is 39.3 Å². The second-order valence-corrected chi connectivity index (χ2v) is 9.38. The third kappa shape index (κ3) is 6.30.